The molecule has 1 aromatic rings. The van der Waals surface area contributed by atoms with Crippen LogP contribution >= 0.6 is 0 Å². The SMILES string of the molecule is Cn1ccnc1N1C2CCC1CC(CC(=O)O)C2. The number of imidazole rings is 1. The largest absolute Gasteiger partial charge is 0.481 e. The summed E-state index contributed by atoms with van der Waals surface area (Å²) < 4.78 is 2.06. The molecule has 0 radical (unpaired) electrons. The van der Waals surface area contributed by atoms with Gasteiger partial charge in [0, 0.05) is 37.9 Å². The number of aryl methyl sites for hydroxylation is 1. The Balaban J connectivity index is 1.78. The molecule has 5 nitrogen and oxygen atoms in total. The van der Waals surface area contributed by atoms with E-state index in [9.17, 15) is 4.79 Å². The molecule has 0 aliphatic carbocycles. The highest BCUT2D eigenvalue weighted by molar-refractivity contribution is 5.67. The van der Waals surface area contributed by atoms with E-state index in [-0.39, 0.29) is 0 Å². The van der Waals surface area contributed by atoms with Gasteiger partial charge in [-0.3, -0.25) is 4.79 Å². The zero-order valence-electron chi connectivity index (χ0n) is 10.6. The second kappa shape index (κ2) is 4.30. The topological polar surface area (TPSA) is 58.4 Å². The molecule has 2 unspecified atom stereocenters. The summed E-state index contributed by atoms with van der Waals surface area (Å²) >= 11 is 0. The lowest BCUT2D eigenvalue weighted by molar-refractivity contribution is -0.138. The minimum Gasteiger partial charge on any atom is -0.481 e. The maximum Gasteiger partial charge on any atom is 0.303 e. The molecule has 5 heteroatoms. The maximum atomic E-state index is 10.8. The van der Waals surface area contributed by atoms with Crippen LogP contribution in [0.1, 0.15) is 32.1 Å². The van der Waals surface area contributed by atoms with Crippen LogP contribution in [0.3, 0.4) is 0 Å². The third kappa shape index (κ3) is 1.87. The molecular weight excluding hydrogens is 230 g/mol. The lowest BCUT2D eigenvalue weighted by atomic mass is 9.88. The number of hydrogen-bond donors (Lipinski definition) is 1. The van der Waals surface area contributed by atoms with Crippen LogP contribution in [-0.2, 0) is 11.8 Å². The van der Waals surface area contributed by atoms with Gasteiger partial charge >= 0.3 is 5.97 Å². The summed E-state index contributed by atoms with van der Waals surface area (Å²) in [5, 5.41) is 8.92. The molecular formula is C13H19N3O2. The highest BCUT2D eigenvalue weighted by atomic mass is 16.4. The Hall–Kier alpha value is -1.52. The average Bonchev–Trinajstić information content (AvgIpc) is 2.80. The van der Waals surface area contributed by atoms with Gasteiger partial charge in [-0.05, 0) is 31.6 Å². The molecule has 2 fully saturated rings. The first-order chi connectivity index (χ1) is 8.65. The van der Waals surface area contributed by atoms with E-state index in [0.29, 0.717) is 24.4 Å². The van der Waals surface area contributed by atoms with Crippen LogP contribution in [0, 0.1) is 5.92 Å². The monoisotopic (exact) mass is 249 g/mol. The van der Waals surface area contributed by atoms with Gasteiger partial charge in [-0.1, -0.05) is 0 Å². The minimum atomic E-state index is -0.662. The summed E-state index contributed by atoms with van der Waals surface area (Å²) in [4.78, 5) is 17.7. The molecule has 18 heavy (non-hydrogen) atoms. The van der Waals surface area contributed by atoms with E-state index in [4.69, 9.17) is 5.11 Å². The van der Waals surface area contributed by atoms with Gasteiger partial charge in [0.1, 0.15) is 0 Å². The van der Waals surface area contributed by atoms with E-state index in [1.165, 1.54) is 12.8 Å². The maximum absolute atomic E-state index is 10.8. The molecule has 0 saturated carbocycles. The summed E-state index contributed by atoms with van der Waals surface area (Å²) in [7, 11) is 2.02. The standard InChI is InChI=1S/C13H19N3O2/c1-15-5-4-14-13(15)16-10-2-3-11(16)7-9(6-10)8-12(17)18/h4-5,9-11H,2-3,6-8H2,1H3,(H,17,18). The molecule has 98 valence electrons. The number of piperidine rings is 1. The third-order valence-corrected chi connectivity index (χ3v) is 4.32. The number of rotatable bonds is 3. The molecule has 2 aliphatic heterocycles. The van der Waals surface area contributed by atoms with Gasteiger partial charge < -0.3 is 14.6 Å². The van der Waals surface area contributed by atoms with E-state index < -0.39 is 5.97 Å². The fourth-order valence-electron chi connectivity index (χ4n) is 3.64. The zero-order valence-corrected chi connectivity index (χ0v) is 10.6. The molecule has 1 N–H and O–H groups in total. The summed E-state index contributed by atoms with van der Waals surface area (Å²) in [6.07, 6.45) is 8.46. The number of hydrogen-bond acceptors (Lipinski definition) is 3. The predicted molar refractivity (Wildman–Crippen MR) is 67.5 cm³/mol. The Morgan fingerprint density at radius 3 is 2.61 bits per heavy atom. The smallest absolute Gasteiger partial charge is 0.303 e. The number of anilines is 1. The van der Waals surface area contributed by atoms with Crippen molar-refractivity contribution in [2.75, 3.05) is 4.90 Å². The van der Waals surface area contributed by atoms with E-state index in [0.717, 1.165) is 18.8 Å². The predicted octanol–water partition coefficient (Wildman–Crippen LogP) is 1.64. The molecule has 0 amide bonds. The fourth-order valence-corrected chi connectivity index (χ4v) is 3.64. The number of aliphatic carboxylic acids is 1. The van der Waals surface area contributed by atoms with Crippen molar-refractivity contribution < 1.29 is 9.90 Å². The minimum absolute atomic E-state index is 0.321. The van der Waals surface area contributed by atoms with Gasteiger partial charge in [0.25, 0.3) is 0 Å². The average molecular weight is 249 g/mol. The highest BCUT2D eigenvalue weighted by Gasteiger charge is 2.42. The molecule has 1 aromatic heterocycles. The van der Waals surface area contributed by atoms with Gasteiger partial charge in [-0.2, -0.15) is 0 Å². The number of aromatic nitrogens is 2. The van der Waals surface area contributed by atoms with Gasteiger partial charge in [-0.25, -0.2) is 4.98 Å². The van der Waals surface area contributed by atoms with Crippen molar-refractivity contribution in [1.29, 1.82) is 0 Å². The molecule has 2 bridgehead atoms. The number of carbonyl (C=O) groups is 1. The lowest BCUT2D eigenvalue weighted by Crippen LogP contribution is -2.44. The highest BCUT2D eigenvalue weighted by Crippen LogP contribution is 2.41. The first kappa shape index (κ1) is 11.6. The quantitative estimate of drug-likeness (QED) is 0.884. The van der Waals surface area contributed by atoms with Crippen LogP contribution in [0.25, 0.3) is 0 Å². The third-order valence-electron chi connectivity index (χ3n) is 4.32. The molecule has 3 heterocycles. The molecule has 0 aromatic carbocycles. The Labute approximate surface area is 106 Å². The molecule has 2 atom stereocenters. The summed E-state index contributed by atoms with van der Waals surface area (Å²) in [5.74, 6) is 0.720. The van der Waals surface area contributed by atoms with Crippen LogP contribution in [0.2, 0.25) is 0 Å². The Bertz CT molecular complexity index is 443. The normalized spacial score (nSPS) is 30.7. The number of carboxylic acids is 1. The molecule has 3 rings (SSSR count). The lowest BCUT2D eigenvalue weighted by Gasteiger charge is -2.39. The van der Waals surface area contributed by atoms with Crippen molar-refractivity contribution in [2.24, 2.45) is 13.0 Å². The zero-order chi connectivity index (χ0) is 12.7. The Morgan fingerprint density at radius 1 is 1.44 bits per heavy atom. The number of carboxylic acid groups (broad SMARTS) is 1. The summed E-state index contributed by atoms with van der Waals surface area (Å²) in [5.41, 5.74) is 0. The second-order valence-corrected chi connectivity index (χ2v) is 5.57. The van der Waals surface area contributed by atoms with Gasteiger partial charge in [-0.15, -0.1) is 0 Å². The summed E-state index contributed by atoms with van der Waals surface area (Å²) in [6.45, 7) is 0. The van der Waals surface area contributed by atoms with E-state index >= 15 is 0 Å². The van der Waals surface area contributed by atoms with Gasteiger partial charge in [0.2, 0.25) is 5.95 Å². The van der Waals surface area contributed by atoms with Crippen molar-refractivity contribution in [1.82, 2.24) is 9.55 Å². The van der Waals surface area contributed by atoms with E-state index in [1.54, 1.807) is 0 Å². The second-order valence-electron chi connectivity index (χ2n) is 5.57. The van der Waals surface area contributed by atoms with Crippen molar-refractivity contribution in [2.45, 2.75) is 44.2 Å². The Morgan fingerprint density at radius 2 is 2.11 bits per heavy atom. The number of nitrogens with zero attached hydrogens (tertiary/aromatic N) is 3. The molecule has 2 aliphatic rings. The van der Waals surface area contributed by atoms with Crippen molar-refractivity contribution in [3.63, 3.8) is 0 Å². The van der Waals surface area contributed by atoms with E-state index in [1.807, 2.05) is 19.4 Å². The van der Waals surface area contributed by atoms with Crippen LogP contribution < -0.4 is 4.90 Å². The van der Waals surface area contributed by atoms with Gasteiger partial charge in [0.05, 0.1) is 0 Å². The number of fused-ring (bicyclic) bond motifs is 2. The molecule has 2 saturated heterocycles. The van der Waals surface area contributed by atoms with Crippen molar-refractivity contribution in [3.8, 4) is 0 Å². The van der Waals surface area contributed by atoms with Crippen LogP contribution in [0.4, 0.5) is 5.95 Å². The fraction of sp³-hybridized carbons (Fsp3) is 0.692. The van der Waals surface area contributed by atoms with Crippen LogP contribution in [0.5, 0.6) is 0 Å². The van der Waals surface area contributed by atoms with E-state index in [2.05, 4.69) is 14.5 Å². The summed E-state index contributed by atoms with van der Waals surface area (Å²) in [6, 6.07) is 0.961. The molecule has 0 spiro atoms. The van der Waals surface area contributed by atoms with Gasteiger partial charge in [0.15, 0.2) is 0 Å². The van der Waals surface area contributed by atoms with Crippen LogP contribution in [0.15, 0.2) is 12.4 Å². The van der Waals surface area contributed by atoms with Crippen LogP contribution in [-0.4, -0.2) is 32.7 Å². The van der Waals surface area contributed by atoms with Crippen molar-refractivity contribution >= 4 is 11.9 Å². The first-order valence-electron chi connectivity index (χ1n) is 6.62. The first-order valence-corrected chi connectivity index (χ1v) is 6.62. The van der Waals surface area contributed by atoms with Crippen molar-refractivity contribution in [3.05, 3.63) is 12.4 Å². The Kier molecular flexibility index (Phi) is 2.76.